The number of fused-ring (bicyclic) bond motifs is 1. The molecule has 0 fully saturated rings. The van der Waals surface area contributed by atoms with Crippen LogP contribution in [-0.4, -0.2) is 16.7 Å². The molecule has 0 saturated heterocycles. The maximum absolute atomic E-state index is 12.4. The Hall–Kier alpha value is -3.37. The summed E-state index contributed by atoms with van der Waals surface area (Å²) in [6.45, 7) is 4.63. The number of benzene rings is 3. The van der Waals surface area contributed by atoms with Crippen LogP contribution in [-0.2, 0) is 6.54 Å². The van der Waals surface area contributed by atoms with E-state index in [0.29, 0.717) is 12.1 Å². The third-order valence-corrected chi connectivity index (χ3v) is 5.68. The van der Waals surface area contributed by atoms with Gasteiger partial charge in [-0.3, -0.25) is 4.79 Å². The van der Waals surface area contributed by atoms with Crippen LogP contribution in [0.5, 0.6) is 0 Å². The molecule has 0 radical (unpaired) electrons. The van der Waals surface area contributed by atoms with E-state index in [4.69, 9.17) is 11.6 Å². The monoisotopic (exact) mass is 415 g/mol. The summed E-state index contributed by atoms with van der Waals surface area (Å²) < 4.78 is 2.22. The van der Waals surface area contributed by atoms with Crippen LogP contribution in [0.1, 0.15) is 32.7 Å². The van der Waals surface area contributed by atoms with Gasteiger partial charge in [-0.15, -0.1) is 0 Å². The number of nitrogens with zero attached hydrogens (tertiary/aromatic N) is 2. The van der Waals surface area contributed by atoms with Crippen LogP contribution in [0.4, 0.5) is 0 Å². The van der Waals surface area contributed by atoms with E-state index in [2.05, 4.69) is 34.2 Å². The lowest BCUT2D eigenvalue weighted by Crippen LogP contribution is -2.18. The number of aryl methyl sites for hydroxylation is 1. The molecule has 3 aromatic carbocycles. The Kier molecular flexibility index (Phi) is 5.68. The van der Waals surface area contributed by atoms with Gasteiger partial charge in [-0.05, 0) is 43.2 Å². The van der Waals surface area contributed by atoms with Gasteiger partial charge in [0, 0.05) is 39.3 Å². The van der Waals surface area contributed by atoms with Gasteiger partial charge >= 0.3 is 0 Å². The van der Waals surface area contributed by atoms with Gasteiger partial charge in [0.2, 0.25) is 0 Å². The minimum absolute atomic E-state index is 0.221. The molecular formula is C25H22ClN3O. The van der Waals surface area contributed by atoms with E-state index in [1.54, 1.807) is 12.3 Å². The highest BCUT2D eigenvalue weighted by Gasteiger charge is 2.14. The fraction of sp³-hybridized carbons (Fsp3) is 0.120. The maximum atomic E-state index is 12.4. The minimum atomic E-state index is -0.221. The molecule has 1 N–H and O–H groups in total. The first-order chi connectivity index (χ1) is 14.6. The Morgan fingerprint density at radius 3 is 2.50 bits per heavy atom. The summed E-state index contributed by atoms with van der Waals surface area (Å²) in [5.74, 6) is -0.221. The number of amides is 1. The third-order valence-electron chi connectivity index (χ3n) is 5.32. The number of para-hydroxylation sites is 1. The zero-order valence-corrected chi connectivity index (χ0v) is 17.6. The van der Waals surface area contributed by atoms with Gasteiger partial charge < -0.3 is 4.57 Å². The van der Waals surface area contributed by atoms with Gasteiger partial charge in [0.15, 0.2) is 0 Å². The summed E-state index contributed by atoms with van der Waals surface area (Å²) in [5, 5.41) is 6.07. The second-order valence-electron chi connectivity index (χ2n) is 7.21. The minimum Gasteiger partial charge on any atom is -0.340 e. The summed E-state index contributed by atoms with van der Waals surface area (Å²) in [6.07, 6.45) is 1.72. The number of aromatic nitrogens is 1. The number of hydrazone groups is 1. The van der Waals surface area contributed by atoms with Crippen molar-refractivity contribution in [2.75, 3.05) is 0 Å². The summed E-state index contributed by atoms with van der Waals surface area (Å²) in [4.78, 5) is 12.4. The van der Waals surface area contributed by atoms with E-state index in [0.717, 1.165) is 38.3 Å². The number of hydrogen-bond donors (Lipinski definition) is 1. The van der Waals surface area contributed by atoms with Crippen molar-refractivity contribution in [1.82, 2.24) is 9.99 Å². The number of carbonyl (C=O) groups excluding carboxylic acids is 1. The van der Waals surface area contributed by atoms with Crippen molar-refractivity contribution in [3.05, 3.63) is 106 Å². The van der Waals surface area contributed by atoms with Crippen molar-refractivity contribution in [1.29, 1.82) is 0 Å². The molecule has 0 spiro atoms. The van der Waals surface area contributed by atoms with Crippen molar-refractivity contribution < 1.29 is 4.79 Å². The molecule has 1 aromatic heterocycles. The number of halogens is 1. The van der Waals surface area contributed by atoms with Gasteiger partial charge in [-0.25, -0.2) is 5.43 Å². The van der Waals surface area contributed by atoms with Gasteiger partial charge in [-0.1, -0.05) is 66.2 Å². The average molecular weight is 416 g/mol. The highest BCUT2D eigenvalue weighted by Crippen LogP contribution is 2.27. The van der Waals surface area contributed by atoms with E-state index in [1.165, 1.54) is 0 Å². The van der Waals surface area contributed by atoms with Crippen LogP contribution in [0.3, 0.4) is 0 Å². The van der Waals surface area contributed by atoms with Crippen molar-refractivity contribution in [3.8, 4) is 0 Å². The first-order valence-corrected chi connectivity index (χ1v) is 10.1. The molecule has 0 aliphatic rings. The molecule has 4 aromatic rings. The number of rotatable bonds is 5. The van der Waals surface area contributed by atoms with Gasteiger partial charge in [0.1, 0.15) is 0 Å². The molecule has 0 aliphatic carbocycles. The number of carbonyl (C=O) groups is 1. The van der Waals surface area contributed by atoms with Crippen molar-refractivity contribution in [2.24, 2.45) is 5.10 Å². The fourth-order valence-corrected chi connectivity index (χ4v) is 3.86. The lowest BCUT2D eigenvalue weighted by molar-refractivity contribution is 0.0954. The standard InChI is InChI=1S/C25H22ClN3O/c1-17-9-3-5-11-20(17)25(30)28-27-15-22-18(2)29(24-14-8-6-12-21(22)24)16-19-10-4-7-13-23(19)26/h3-15H,16H2,1-2H3,(H,28,30)/b27-15+. The smallest absolute Gasteiger partial charge is 0.271 e. The number of hydrogen-bond acceptors (Lipinski definition) is 2. The first kappa shape index (κ1) is 19.9. The molecule has 0 bridgehead atoms. The van der Waals surface area contributed by atoms with E-state index >= 15 is 0 Å². The van der Waals surface area contributed by atoms with Crippen LogP contribution in [0, 0.1) is 13.8 Å². The Labute approximate surface area is 180 Å². The topological polar surface area (TPSA) is 46.4 Å². The van der Waals surface area contributed by atoms with Crippen molar-refractivity contribution >= 4 is 34.6 Å². The molecule has 0 aliphatic heterocycles. The first-order valence-electron chi connectivity index (χ1n) is 9.76. The normalized spacial score (nSPS) is 11.3. The van der Waals surface area contributed by atoms with E-state index < -0.39 is 0 Å². The zero-order chi connectivity index (χ0) is 21.1. The third kappa shape index (κ3) is 3.87. The predicted octanol–water partition coefficient (Wildman–Crippen LogP) is 5.72. The van der Waals surface area contributed by atoms with Crippen LogP contribution in [0.15, 0.2) is 77.9 Å². The molecule has 5 heteroatoms. The molecular weight excluding hydrogens is 394 g/mol. The lowest BCUT2D eigenvalue weighted by Gasteiger charge is -2.10. The van der Waals surface area contributed by atoms with Gasteiger partial charge in [0.25, 0.3) is 5.91 Å². The highest BCUT2D eigenvalue weighted by molar-refractivity contribution is 6.31. The second-order valence-corrected chi connectivity index (χ2v) is 7.62. The van der Waals surface area contributed by atoms with E-state index in [-0.39, 0.29) is 5.91 Å². The van der Waals surface area contributed by atoms with E-state index in [9.17, 15) is 4.79 Å². The van der Waals surface area contributed by atoms with Crippen LogP contribution in [0.25, 0.3) is 10.9 Å². The predicted molar refractivity (Wildman–Crippen MR) is 123 cm³/mol. The SMILES string of the molecule is Cc1ccccc1C(=O)N/N=C/c1c(C)n(Cc2ccccc2Cl)c2ccccc12. The summed E-state index contributed by atoms with van der Waals surface area (Å²) in [5.41, 5.74) is 8.37. The molecule has 0 saturated carbocycles. The van der Waals surface area contributed by atoms with E-state index in [1.807, 2.05) is 61.5 Å². The van der Waals surface area contributed by atoms with Crippen LogP contribution >= 0.6 is 11.6 Å². The molecule has 0 unspecified atom stereocenters. The summed E-state index contributed by atoms with van der Waals surface area (Å²) in [7, 11) is 0. The van der Waals surface area contributed by atoms with Gasteiger partial charge in [-0.2, -0.15) is 5.10 Å². The average Bonchev–Trinajstić information content (AvgIpc) is 3.01. The zero-order valence-electron chi connectivity index (χ0n) is 16.9. The molecule has 30 heavy (non-hydrogen) atoms. The second kappa shape index (κ2) is 8.56. The molecule has 4 nitrogen and oxygen atoms in total. The van der Waals surface area contributed by atoms with Crippen molar-refractivity contribution in [2.45, 2.75) is 20.4 Å². The molecule has 1 heterocycles. The summed E-state index contributed by atoms with van der Waals surface area (Å²) in [6, 6.07) is 23.5. The molecule has 0 atom stereocenters. The number of nitrogens with one attached hydrogen (secondary N) is 1. The molecule has 4 rings (SSSR count). The Bertz CT molecular complexity index is 1260. The van der Waals surface area contributed by atoms with Crippen LogP contribution in [0.2, 0.25) is 5.02 Å². The lowest BCUT2D eigenvalue weighted by atomic mass is 10.1. The van der Waals surface area contributed by atoms with Gasteiger partial charge in [0.05, 0.1) is 6.21 Å². The Morgan fingerprint density at radius 1 is 1.00 bits per heavy atom. The largest absolute Gasteiger partial charge is 0.340 e. The Balaban J connectivity index is 1.65. The Morgan fingerprint density at radius 2 is 1.70 bits per heavy atom. The van der Waals surface area contributed by atoms with Crippen molar-refractivity contribution in [3.63, 3.8) is 0 Å². The maximum Gasteiger partial charge on any atom is 0.271 e. The molecule has 150 valence electrons. The molecule has 1 amide bonds. The fourth-order valence-electron chi connectivity index (χ4n) is 3.66. The summed E-state index contributed by atoms with van der Waals surface area (Å²) >= 11 is 6.39. The quantitative estimate of drug-likeness (QED) is 0.328. The highest BCUT2D eigenvalue weighted by atomic mass is 35.5. The van der Waals surface area contributed by atoms with Crippen LogP contribution < -0.4 is 5.43 Å².